The highest BCUT2D eigenvalue weighted by Gasteiger charge is 2.39. The molecule has 1 aliphatic carbocycles. The molecule has 6 nitrogen and oxygen atoms in total. The molecule has 21 heavy (non-hydrogen) atoms. The number of imidazole rings is 1. The minimum absolute atomic E-state index is 0.250. The van der Waals surface area contributed by atoms with Gasteiger partial charge in [-0.1, -0.05) is 0 Å². The SMILES string of the molecule is CC(CC(C)(NC1CC1)C(N)=O)N1CCn2ccnc2C1. The summed E-state index contributed by atoms with van der Waals surface area (Å²) in [4.78, 5) is 18.7. The van der Waals surface area contributed by atoms with Crippen LogP contribution in [-0.2, 0) is 17.9 Å². The van der Waals surface area contributed by atoms with Gasteiger partial charge in [-0.05, 0) is 33.1 Å². The maximum atomic E-state index is 11.9. The van der Waals surface area contributed by atoms with E-state index in [-0.39, 0.29) is 5.91 Å². The van der Waals surface area contributed by atoms with Gasteiger partial charge in [0.25, 0.3) is 0 Å². The number of nitrogens with two attached hydrogens (primary N) is 1. The molecule has 1 aromatic heterocycles. The van der Waals surface area contributed by atoms with E-state index in [4.69, 9.17) is 5.73 Å². The Balaban J connectivity index is 1.64. The van der Waals surface area contributed by atoms with Gasteiger partial charge in [0.15, 0.2) is 0 Å². The van der Waals surface area contributed by atoms with Crippen LogP contribution < -0.4 is 11.1 Å². The molecule has 1 aliphatic heterocycles. The van der Waals surface area contributed by atoms with Crippen LogP contribution in [0.25, 0.3) is 0 Å². The van der Waals surface area contributed by atoms with Crippen LogP contribution >= 0.6 is 0 Å². The van der Waals surface area contributed by atoms with Gasteiger partial charge in [-0.25, -0.2) is 4.98 Å². The van der Waals surface area contributed by atoms with Crippen molar-refractivity contribution >= 4 is 5.91 Å². The molecule has 1 fully saturated rings. The number of nitrogens with one attached hydrogen (secondary N) is 1. The van der Waals surface area contributed by atoms with E-state index < -0.39 is 5.54 Å². The van der Waals surface area contributed by atoms with Gasteiger partial charge in [0.2, 0.25) is 5.91 Å². The fourth-order valence-electron chi connectivity index (χ4n) is 3.20. The van der Waals surface area contributed by atoms with Crippen LogP contribution in [0.3, 0.4) is 0 Å². The van der Waals surface area contributed by atoms with Crippen LogP contribution in [0.1, 0.15) is 38.9 Å². The van der Waals surface area contributed by atoms with Gasteiger partial charge in [0, 0.05) is 37.6 Å². The van der Waals surface area contributed by atoms with Crippen molar-refractivity contribution in [2.24, 2.45) is 5.73 Å². The van der Waals surface area contributed by atoms with Gasteiger partial charge in [-0.15, -0.1) is 0 Å². The number of hydrogen-bond donors (Lipinski definition) is 2. The normalized spacial score (nSPS) is 23.3. The summed E-state index contributed by atoms with van der Waals surface area (Å²) in [5.74, 6) is 0.851. The lowest BCUT2D eigenvalue weighted by Gasteiger charge is -2.37. The molecule has 0 spiro atoms. The van der Waals surface area contributed by atoms with E-state index in [9.17, 15) is 4.79 Å². The van der Waals surface area contributed by atoms with E-state index in [1.165, 1.54) is 0 Å². The Hall–Kier alpha value is -1.40. The zero-order valence-corrected chi connectivity index (χ0v) is 12.9. The zero-order valence-electron chi connectivity index (χ0n) is 12.9. The molecule has 2 atom stereocenters. The van der Waals surface area contributed by atoms with Crippen LogP contribution in [0.15, 0.2) is 12.4 Å². The summed E-state index contributed by atoms with van der Waals surface area (Å²) in [6.07, 6.45) is 6.92. The summed E-state index contributed by atoms with van der Waals surface area (Å²) in [6, 6.07) is 0.758. The third-order valence-corrected chi connectivity index (χ3v) is 4.75. The second-order valence-corrected chi connectivity index (χ2v) is 6.68. The van der Waals surface area contributed by atoms with Crippen molar-refractivity contribution in [1.29, 1.82) is 0 Å². The first-order valence-electron chi connectivity index (χ1n) is 7.79. The first-order chi connectivity index (χ1) is 9.98. The molecule has 116 valence electrons. The van der Waals surface area contributed by atoms with E-state index >= 15 is 0 Å². The Labute approximate surface area is 125 Å². The summed E-state index contributed by atoms with van der Waals surface area (Å²) >= 11 is 0. The molecule has 1 aromatic rings. The molecule has 1 saturated carbocycles. The lowest BCUT2D eigenvalue weighted by atomic mass is 9.91. The lowest BCUT2D eigenvalue weighted by molar-refractivity contribution is -0.124. The summed E-state index contributed by atoms with van der Waals surface area (Å²) in [7, 11) is 0. The maximum Gasteiger partial charge on any atom is 0.237 e. The van der Waals surface area contributed by atoms with Crippen LogP contribution in [0.2, 0.25) is 0 Å². The highest BCUT2D eigenvalue weighted by molar-refractivity contribution is 5.84. The highest BCUT2D eigenvalue weighted by Crippen LogP contribution is 2.26. The molecule has 2 unspecified atom stereocenters. The number of amides is 1. The summed E-state index contributed by atoms with van der Waals surface area (Å²) in [5, 5.41) is 3.43. The van der Waals surface area contributed by atoms with Gasteiger partial charge >= 0.3 is 0 Å². The molecule has 0 bridgehead atoms. The van der Waals surface area contributed by atoms with E-state index in [2.05, 4.69) is 26.7 Å². The second-order valence-electron chi connectivity index (χ2n) is 6.68. The van der Waals surface area contributed by atoms with Crippen molar-refractivity contribution in [3.8, 4) is 0 Å². The molecule has 0 aromatic carbocycles. The van der Waals surface area contributed by atoms with Crippen LogP contribution in [0.4, 0.5) is 0 Å². The first-order valence-corrected chi connectivity index (χ1v) is 7.79. The maximum absolute atomic E-state index is 11.9. The molecule has 3 N–H and O–H groups in total. The fraction of sp³-hybridized carbons (Fsp3) is 0.733. The molecule has 0 radical (unpaired) electrons. The number of fused-ring (bicyclic) bond motifs is 1. The summed E-state index contributed by atoms with van der Waals surface area (Å²) in [6.45, 7) is 6.90. The van der Waals surface area contributed by atoms with Crippen LogP contribution in [0.5, 0.6) is 0 Å². The minimum atomic E-state index is -0.618. The van der Waals surface area contributed by atoms with E-state index in [1.54, 1.807) is 0 Å². The number of nitrogens with zero attached hydrogens (tertiary/aromatic N) is 3. The van der Waals surface area contributed by atoms with E-state index in [0.717, 1.165) is 44.7 Å². The number of hydrogen-bond acceptors (Lipinski definition) is 4. The Morgan fingerprint density at radius 2 is 2.33 bits per heavy atom. The largest absolute Gasteiger partial charge is 0.368 e. The van der Waals surface area contributed by atoms with Crippen molar-refractivity contribution in [3.05, 3.63) is 18.2 Å². The van der Waals surface area contributed by atoms with Gasteiger partial charge < -0.3 is 15.6 Å². The number of primary amides is 1. The zero-order chi connectivity index (χ0) is 15.0. The third kappa shape index (κ3) is 3.11. The minimum Gasteiger partial charge on any atom is -0.368 e. The Kier molecular flexibility index (Phi) is 3.75. The fourth-order valence-corrected chi connectivity index (χ4v) is 3.20. The molecular formula is C15H25N5O. The highest BCUT2D eigenvalue weighted by atomic mass is 16.1. The monoisotopic (exact) mass is 291 g/mol. The van der Waals surface area contributed by atoms with Crippen LogP contribution in [-0.4, -0.2) is 44.5 Å². The van der Waals surface area contributed by atoms with E-state index in [1.807, 2.05) is 19.3 Å². The number of carbonyl (C=O) groups excluding carboxylic acids is 1. The molecule has 0 saturated heterocycles. The van der Waals surface area contributed by atoms with Crippen molar-refractivity contribution in [2.45, 2.75) is 63.8 Å². The smallest absolute Gasteiger partial charge is 0.237 e. The molecular weight excluding hydrogens is 266 g/mol. The van der Waals surface area contributed by atoms with Gasteiger partial charge in [-0.3, -0.25) is 9.69 Å². The summed E-state index contributed by atoms with van der Waals surface area (Å²) in [5.41, 5.74) is 5.03. The average molecular weight is 291 g/mol. The topological polar surface area (TPSA) is 76.2 Å². The Morgan fingerprint density at radius 1 is 1.57 bits per heavy atom. The van der Waals surface area contributed by atoms with Gasteiger partial charge in [0.1, 0.15) is 5.82 Å². The van der Waals surface area contributed by atoms with Crippen molar-refractivity contribution in [2.75, 3.05) is 6.54 Å². The molecule has 6 heteroatoms. The number of rotatable bonds is 6. The average Bonchev–Trinajstić information content (AvgIpc) is 3.11. The van der Waals surface area contributed by atoms with Crippen molar-refractivity contribution < 1.29 is 4.79 Å². The molecule has 1 amide bonds. The number of aromatic nitrogens is 2. The predicted molar refractivity (Wildman–Crippen MR) is 80.5 cm³/mol. The predicted octanol–water partition coefficient (Wildman–Crippen LogP) is 0.473. The second kappa shape index (κ2) is 5.42. The number of carbonyl (C=O) groups is 1. The molecule has 2 aliphatic rings. The quantitative estimate of drug-likeness (QED) is 0.799. The first kappa shape index (κ1) is 14.5. The van der Waals surface area contributed by atoms with Crippen LogP contribution in [0, 0.1) is 0 Å². The van der Waals surface area contributed by atoms with E-state index in [0.29, 0.717) is 12.1 Å². The van der Waals surface area contributed by atoms with Crippen molar-refractivity contribution in [3.63, 3.8) is 0 Å². The van der Waals surface area contributed by atoms with Gasteiger partial charge in [-0.2, -0.15) is 0 Å². The van der Waals surface area contributed by atoms with Crippen molar-refractivity contribution in [1.82, 2.24) is 19.8 Å². The Bertz CT molecular complexity index is 524. The third-order valence-electron chi connectivity index (χ3n) is 4.75. The molecule has 3 rings (SSSR count). The Morgan fingerprint density at radius 3 is 3.00 bits per heavy atom. The standard InChI is InChI=1S/C15H25N5O/c1-11(9-15(2,14(16)21)18-12-3-4-12)20-8-7-19-6-5-17-13(19)10-20/h5-6,11-12,18H,3-4,7-10H2,1-2H3,(H2,16,21). The molecule has 2 heterocycles. The van der Waals surface area contributed by atoms with Gasteiger partial charge in [0.05, 0.1) is 12.1 Å². The summed E-state index contributed by atoms with van der Waals surface area (Å²) < 4.78 is 2.19. The lowest BCUT2D eigenvalue weighted by Crippen LogP contribution is -2.57.